The Hall–Kier alpha value is -3.06. The summed E-state index contributed by atoms with van der Waals surface area (Å²) in [5.74, 6) is 0.706. The van der Waals surface area contributed by atoms with Gasteiger partial charge in [-0.2, -0.15) is 0 Å². The second-order valence-electron chi connectivity index (χ2n) is 5.37. The molecule has 3 rings (SSSR count). The fraction of sp³-hybridized carbons (Fsp3) is 0.222. The second-order valence-corrected chi connectivity index (χ2v) is 5.37. The lowest BCUT2D eigenvalue weighted by atomic mass is 10.1. The molecule has 0 saturated carbocycles. The van der Waals surface area contributed by atoms with Crippen molar-refractivity contribution >= 4 is 23.2 Å². The SMILES string of the molecule is COCC(=O)Nc1ccc(NC(=O)c2ccc3c(c2)OCCO3)cc1. The zero-order chi connectivity index (χ0) is 17.6. The number of ether oxygens (including phenoxy) is 3. The maximum absolute atomic E-state index is 12.4. The van der Waals surface area contributed by atoms with E-state index in [1.807, 2.05) is 0 Å². The molecule has 0 saturated heterocycles. The van der Waals surface area contributed by atoms with E-state index in [1.54, 1.807) is 42.5 Å². The van der Waals surface area contributed by atoms with Crippen LogP contribution in [0.1, 0.15) is 10.4 Å². The highest BCUT2D eigenvalue weighted by Gasteiger charge is 2.15. The van der Waals surface area contributed by atoms with Gasteiger partial charge in [-0.15, -0.1) is 0 Å². The van der Waals surface area contributed by atoms with E-state index in [2.05, 4.69) is 10.6 Å². The van der Waals surface area contributed by atoms with E-state index in [4.69, 9.17) is 14.2 Å². The topological polar surface area (TPSA) is 85.9 Å². The molecule has 1 aliphatic rings. The Kier molecular flexibility index (Phi) is 5.15. The van der Waals surface area contributed by atoms with E-state index >= 15 is 0 Å². The molecule has 7 nitrogen and oxygen atoms in total. The van der Waals surface area contributed by atoms with Gasteiger partial charge in [-0.05, 0) is 42.5 Å². The van der Waals surface area contributed by atoms with Gasteiger partial charge in [0.2, 0.25) is 5.91 Å². The predicted molar refractivity (Wildman–Crippen MR) is 92.3 cm³/mol. The highest BCUT2D eigenvalue weighted by molar-refractivity contribution is 6.04. The molecule has 7 heteroatoms. The number of carbonyl (C=O) groups is 2. The summed E-state index contributed by atoms with van der Waals surface area (Å²) in [6, 6.07) is 11.9. The van der Waals surface area contributed by atoms with Gasteiger partial charge >= 0.3 is 0 Å². The third kappa shape index (κ3) is 4.27. The zero-order valence-electron chi connectivity index (χ0n) is 13.7. The number of fused-ring (bicyclic) bond motifs is 1. The van der Waals surface area contributed by atoms with Gasteiger partial charge in [-0.1, -0.05) is 0 Å². The minimum absolute atomic E-state index is 0.0113. The van der Waals surface area contributed by atoms with Crippen LogP contribution >= 0.6 is 0 Å². The van der Waals surface area contributed by atoms with E-state index in [0.717, 1.165) is 0 Å². The van der Waals surface area contributed by atoms with Gasteiger partial charge in [0, 0.05) is 24.0 Å². The fourth-order valence-corrected chi connectivity index (χ4v) is 2.35. The lowest BCUT2D eigenvalue weighted by molar-refractivity contribution is -0.119. The summed E-state index contributed by atoms with van der Waals surface area (Å²) in [7, 11) is 1.45. The van der Waals surface area contributed by atoms with E-state index in [9.17, 15) is 9.59 Å². The number of carbonyl (C=O) groups excluding carboxylic acids is 2. The van der Waals surface area contributed by atoms with Gasteiger partial charge in [0.1, 0.15) is 19.8 Å². The van der Waals surface area contributed by atoms with Crippen molar-refractivity contribution in [3.05, 3.63) is 48.0 Å². The van der Waals surface area contributed by atoms with Crippen LogP contribution in [0.15, 0.2) is 42.5 Å². The maximum atomic E-state index is 12.4. The summed E-state index contributed by atoms with van der Waals surface area (Å²) in [5.41, 5.74) is 1.71. The summed E-state index contributed by atoms with van der Waals surface area (Å²) < 4.78 is 15.7. The second kappa shape index (κ2) is 7.67. The van der Waals surface area contributed by atoms with Crippen LogP contribution in [0.25, 0.3) is 0 Å². The average molecular weight is 342 g/mol. The van der Waals surface area contributed by atoms with E-state index < -0.39 is 0 Å². The molecule has 0 fully saturated rings. The fourth-order valence-electron chi connectivity index (χ4n) is 2.35. The first kappa shape index (κ1) is 16.8. The molecule has 2 aromatic carbocycles. The molecule has 2 amide bonds. The highest BCUT2D eigenvalue weighted by atomic mass is 16.6. The van der Waals surface area contributed by atoms with Crippen LogP contribution in [0.5, 0.6) is 11.5 Å². The molecule has 0 spiro atoms. The number of methoxy groups -OCH3 is 1. The molecule has 1 aliphatic heterocycles. The first-order valence-electron chi connectivity index (χ1n) is 7.75. The van der Waals surface area contributed by atoms with Gasteiger partial charge in [-0.25, -0.2) is 0 Å². The van der Waals surface area contributed by atoms with Crippen LogP contribution in [0.3, 0.4) is 0 Å². The van der Waals surface area contributed by atoms with Crippen LogP contribution in [-0.4, -0.2) is 38.7 Å². The van der Waals surface area contributed by atoms with Gasteiger partial charge in [-0.3, -0.25) is 9.59 Å². The summed E-state index contributed by atoms with van der Waals surface area (Å²) in [4.78, 5) is 23.8. The van der Waals surface area contributed by atoms with Crippen LogP contribution in [0, 0.1) is 0 Å². The van der Waals surface area contributed by atoms with Gasteiger partial charge in [0.15, 0.2) is 11.5 Å². The van der Waals surface area contributed by atoms with Crippen molar-refractivity contribution in [3.8, 4) is 11.5 Å². The molecule has 25 heavy (non-hydrogen) atoms. The Bertz CT molecular complexity index is 774. The quantitative estimate of drug-likeness (QED) is 0.871. The Morgan fingerprint density at radius 2 is 1.60 bits per heavy atom. The number of amides is 2. The molecule has 0 aliphatic carbocycles. The highest BCUT2D eigenvalue weighted by Crippen LogP contribution is 2.31. The van der Waals surface area contributed by atoms with Gasteiger partial charge < -0.3 is 24.8 Å². The third-order valence-electron chi connectivity index (χ3n) is 3.51. The monoisotopic (exact) mass is 342 g/mol. The lowest BCUT2D eigenvalue weighted by Crippen LogP contribution is -2.17. The summed E-state index contributed by atoms with van der Waals surface area (Å²) in [6.07, 6.45) is 0. The molecule has 130 valence electrons. The van der Waals surface area contributed by atoms with Gasteiger partial charge in [0.25, 0.3) is 5.91 Å². The van der Waals surface area contributed by atoms with Crippen molar-refractivity contribution in [2.45, 2.75) is 0 Å². The zero-order valence-corrected chi connectivity index (χ0v) is 13.7. The molecule has 0 bridgehead atoms. The minimum Gasteiger partial charge on any atom is -0.486 e. The number of benzene rings is 2. The first-order valence-corrected chi connectivity index (χ1v) is 7.75. The van der Waals surface area contributed by atoms with Crippen LogP contribution in [-0.2, 0) is 9.53 Å². The number of hydrogen-bond acceptors (Lipinski definition) is 5. The Labute approximate surface area is 144 Å². The van der Waals surface area contributed by atoms with Crippen molar-refractivity contribution in [2.75, 3.05) is 37.6 Å². The lowest BCUT2D eigenvalue weighted by Gasteiger charge is -2.18. The molecule has 2 aromatic rings. The number of anilines is 2. The van der Waals surface area contributed by atoms with Crippen LogP contribution < -0.4 is 20.1 Å². The summed E-state index contributed by atoms with van der Waals surface area (Å²) in [6.45, 7) is 0.961. The number of hydrogen-bond donors (Lipinski definition) is 2. The van der Waals surface area contributed by atoms with Crippen molar-refractivity contribution in [1.82, 2.24) is 0 Å². The van der Waals surface area contributed by atoms with Crippen LogP contribution in [0.4, 0.5) is 11.4 Å². The molecule has 0 atom stereocenters. The van der Waals surface area contributed by atoms with Gasteiger partial charge in [0.05, 0.1) is 0 Å². The summed E-state index contributed by atoms with van der Waals surface area (Å²) >= 11 is 0. The van der Waals surface area contributed by atoms with Crippen molar-refractivity contribution in [1.29, 1.82) is 0 Å². The average Bonchev–Trinajstić information content (AvgIpc) is 2.63. The first-order chi connectivity index (χ1) is 12.2. The van der Waals surface area contributed by atoms with E-state index in [-0.39, 0.29) is 18.4 Å². The molecule has 0 aromatic heterocycles. The van der Waals surface area contributed by atoms with Crippen molar-refractivity contribution < 1.29 is 23.8 Å². The predicted octanol–water partition coefficient (Wildman–Crippen LogP) is 2.29. The maximum Gasteiger partial charge on any atom is 0.255 e. The molecular weight excluding hydrogens is 324 g/mol. The third-order valence-corrected chi connectivity index (χ3v) is 3.51. The number of rotatable bonds is 5. The molecule has 0 radical (unpaired) electrons. The Morgan fingerprint density at radius 1 is 0.960 bits per heavy atom. The molecule has 2 N–H and O–H groups in total. The minimum atomic E-state index is -0.256. The van der Waals surface area contributed by atoms with E-state index in [0.29, 0.717) is 41.7 Å². The molecular formula is C18H18N2O5. The molecule has 1 heterocycles. The normalized spacial score (nSPS) is 12.4. The van der Waals surface area contributed by atoms with Crippen molar-refractivity contribution in [3.63, 3.8) is 0 Å². The standard InChI is InChI=1S/C18H18N2O5/c1-23-11-17(21)19-13-3-5-14(6-4-13)20-18(22)12-2-7-15-16(10-12)25-9-8-24-15/h2-7,10H,8-9,11H2,1H3,(H,19,21)(H,20,22). The molecule has 0 unspecified atom stereocenters. The Balaban J connectivity index is 1.64. The Morgan fingerprint density at radius 3 is 2.28 bits per heavy atom. The van der Waals surface area contributed by atoms with Crippen LogP contribution in [0.2, 0.25) is 0 Å². The smallest absolute Gasteiger partial charge is 0.255 e. The summed E-state index contributed by atoms with van der Waals surface area (Å²) in [5, 5.41) is 5.48. The largest absolute Gasteiger partial charge is 0.486 e. The number of nitrogens with one attached hydrogen (secondary N) is 2. The van der Waals surface area contributed by atoms with Crippen molar-refractivity contribution in [2.24, 2.45) is 0 Å². The van der Waals surface area contributed by atoms with E-state index in [1.165, 1.54) is 7.11 Å².